The maximum atomic E-state index is 13.1. The van der Waals surface area contributed by atoms with E-state index in [4.69, 9.17) is 0 Å². The lowest BCUT2D eigenvalue weighted by Gasteiger charge is -2.16. The fourth-order valence-corrected chi connectivity index (χ4v) is 2.64. The van der Waals surface area contributed by atoms with Gasteiger partial charge in [0.25, 0.3) is 0 Å². The van der Waals surface area contributed by atoms with Gasteiger partial charge >= 0.3 is 6.09 Å². The van der Waals surface area contributed by atoms with E-state index in [0.29, 0.717) is 4.47 Å². The third kappa shape index (κ3) is 3.91. The molecule has 0 bridgehead atoms. The zero-order valence-corrected chi connectivity index (χ0v) is 12.2. The zero-order valence-electron chi connectivity index (χ0n) is 10.7. The monoisotopic (exact) mass is 330 g/mol. The molecular formula is C13H16BrFN2O2. The van der Waals surface area contributed by atoms with E-state index in [1.807, 2.05) is 0 Å². The summed E-state index contributed by atoms with van der Waals surface area (Å²) in [5, 5.41) is 2.79. The summed E-state index contributed by atoms with van der Waals surface area (Å²) in [7, 11) is 1.36. The fraction of sp³-hybridized carbons (Fsp3) is 0.462. The van der Waals surface area contributed by atoms with Crippen LogP contribution in [0.15, 0.2) is 22.7 Å². The number of methoxy groups -OCH3 is 1. The average Bonchev–Trinajstić information content (AvgIpc) is 2.81. The van der Waals surface area contributed by atoms with Crippen LogP contribution in [0.1, 0.15) is 12.0 Å². The molecule has 1 aromatic carbocycles. The van der Waals surface area contributed by atoms with E-state index in [1.54, 1.807) is 12.1 Å². The second kappa shape index (κ2) is 6.34. The Morgan fingerprint density at radius 2 is 2.42 bits per heavy atom. The number of nitrogens with zero attached hydrogens (tertiary/aromatic N) is 1. The smallest absolute Gasteiger partial charge is 0.407 e. The predicted octanol–water partition coefficient (Wildman–Crippen LogP) is 2.52. The molecule has 1 amide bonds. The molecule has 2 rings (SSSR count). The number of hydrogen-bond acceptors (Lipinski definition) is 3. The Morgan fingerprint density at radius 1 is 1.63 bits per heavy atom. The van der Waals surface area contributed by atoms with Crippen molar-refractivity contribution >= 4 is 22.0 Å². The normalized spacial score (nSPS) is 19.4. The van der Waals surface area contributed by atoms with Gasteiger partial charge in [0.05, 0.1) is 11.6 Å². The molecule has 0 aromatic heterocycles. The van der Waals surface area contributed by atoms with Crippen LogP contribution in [0.4, 0.5) is 9.18 Å². The van der Waals surface area contributed by atoms with E-state index in [9.17, 15) is 9.18 Å². The molecular weight excluding hydrogens is 315 g/mol. The van der Waals surface area contributed by atoms with Gasteiger partial charge < -0.3 is 10.1 Å². The number of rotatable bonds is 3. The lowest BCUT2D eigenvalue weighted by atomic mass is 10.2. The standard InChI is InChI=1S/C13H16BrFN2O2/c1-19-13(18)16-10-4-5-17(8-10)7-9-2-3-12(15)11(14)6-9/h2-3,6,10H,4-5,7-8H2,1H3,(H,16,18). The highest BCUT2D eigenvalue weighted by molar-refractivity contribution is 9.10. The van der Waals surface area contributed by atoms with E-state index in [0.717, 1.165) is 31.6 Å². The SMILES string of the molecule is COC(=O)NC1CCN(Cc2ccc(F)c(Br)c2)C1. The van der Waals surface area contributed by atoms with Crippen molar-refractivity contribution in [1.82, 2.24) is 10.2 Å². The van der Waals surface area contributed by atoms with Gasteiger partial charge in [-0.3, -0.25) is 4.90 Å². The van der Waals surface area contributed by atoms with Crippen LogP contribution in [0, 0.1) is 5.82 Å². The van der Waals surface area contributed by atoms with Crippen LogP contribution in [-0.2, 0) is 11.3 Å². The molecule has 19 heavy (non-hydrogen) atoms. The third-order valence-corrected chi connectivity index (χ3v) is 3.78. The maximum Gasteiger partial charge on any atom is 0.407 e. The first-order chi connectivity index (χ1) is 9.08. The first-order valence-corrected chi connectivity index (χ1v) is 6.88. The van der Waals surface area contributed by atoms with Crippen molar-refractivity contribution in [2.45, 2.75) is 19.0 Å². The summed E-state index contributed by atoms with van der Waals surface area (Å²) in [6.45, 7) is 2.44. The van der Waals surface area contributed by atoms with E-state index in [1.165, 1.54) is 13.2 Å². The van der Waals surface area contributed by atoms with E-state index >= 15 is 0 Å². The third-order valence-electron chi connectivity index (χ3n) is 3.17. The molecule has 1 fully saturated rings. The first-order valence-electron chi connectivity index (χ1n) is 6.09. The van der Waals surface area contributed by atoms with Crippen molar-refractivity contribution in [2.24, 2.45) is 0 Å². The van der Waals surface area contributed by atoms with Gasteiger partial charge in [0.2, 0.25) is 0 Å². The molecule has 104 valence electrons. The van der Waals surface area contributed by atoms with Gasteiger partial charge in [-0.25, -0.2) is 9.18 Å². The van der Waals surface area contributed by atoms with Crippen molar-refractivity contribution in [3.05, 3.63) is 34.1 Å². The molecule has 1 atom stereocenters. The summed E-state index contributed by atoms with van der Waals surface area (Å²) in [5.41, 5.74) is 1.05. The van der Waals surface area contributed by atoms with Crippen molar-refractivity contribution in [3.63, 3.8) is 0 Å². The molecule has 1 unspecified atom stereocenters. The molecule has 1 aromatic rings. The molecule has 0 spiro atoms. The maximum absolute atomic E-state index is 13.1. The fourth-order valence-electron chi connectivity index (χ4n) is 2.22. The lowest BCUT2D eigenvalue weighted by Crippen LogP contribution is -2.36. The van der Waals surface area contributed by atoms with Crippen molar-refractivity contribution in [1.29, 1.82) is 0 Å². The number of hydrogen-bond donors (Lipinski definition) is 1. The van der Waals surface area contributed by atoms with Crippen LogP contribution >= 0.6 is 15.9 Å². The van der Waals surface area contributed by atoms with Gasteiger partial charge in [-0.1, -0.05) is 6.07 Å². The number of halogens is 2. The minimum Gasteiger partial charge on any atom is -0.453 e. The molecule has 1 aliphatic heterocycles. The number of amides is 1. The van der Waals surface area contributed by atoms with Gasteiger partial charge in [0, 0.05) is 25.7 Å². The van der Waals surface area contributed by atoms with Crippen LogP contribution in [0.3, 0.4) is 0 Å². The average molecular weight is 331 g/mol. The zero-order chi connectivity index (χ0) is 13.8. The molecule has 4 nitrogen and oxygen atoms in total. The Hall–Kier alpha value is -1.14. The molecule has 0 aliphatic carbocycles. The van der Waals surface area contributed by atoms with Gasteiger partial charge in [-0.15, -0.1) is 0 Å². The molecule has 1 saturated heterocycles. The summed E-state index contributed by atoms with van der Waals surface area (Å²) < 4.78 is 18.2. The lowest BCUT2D eigenvalue weighted by molar-refractivity contribution is 0.166. The predicted molar refractivity (Wildman–Crippen MR) is 73.3 cm³/mol. The number of alkyl carbamates (subject to hydrolysis) is 1. The second-order valence-electron chi connectivity index (χ2n) is 4.61. The second-order valence-corrected chi connectivity index (χ2v) is 5.46. The van der Waals surface area contributed by atoms with Crippen molar-refractivity contribution < 1.29 is 13.9 Å². The van der Waals surface area contributed by atoms with Crippen LogP contribution in [0.2, 0.25) is 0 Å². The molecule has 0 radical (unpaired) electrons. The van der Waals surface area contributed by atoms with Crippen LogP contribution in [0.25, 0.3) is 0 Å². The number of nitrogens with one attached hydrogen (secondary N) is 1. The quantitative estimate of drug-likeness (QED) is 0.925. The molecule has 1 aliphatic rings. The molecule has 6 heteroatoms. The summed E-state index contributed by atoms with van der Waals surface area (Å²) in [5.74, 6) is -0.254. The van der Waals surface area contributed by atoms with Gasteiger partial charge in [0.1, 0.15) is 5.82 Å². The van der Waals surface area contributed by atoms with Crippen LogP contribution in [0.5, 0.6) is 0 Å². The number of benzene rings is 1. The summed E-state index contributed by atoms with van der Waals surface area (Å²) >= 11 is 3.18. The first kappa shape index (κ1) is 14.3. The van der Waals surface area contributed by atoms with Crippen LogP contribution < -0.4 is 5.32 Å². The Kier molecular flexibility index (Phi) is 4.76. The minimum absolute atomic E-state index is 0.122. The Bertz CT molecular complexity index is 470. The highest BCUT2D eigenvalue weighted by atomic mass is 79.9. The largest absolute Gasteiger partial charge is 0.453 e. The molecule has 1 heterocycles. The minimum atomic E-state index is -0.392. The Labute approximate surface area is 120 Å². The number of likely N-dealkylation sites (tertiary alicyclic amines) is 1. The van der Waals surface area contributed by atoms with Gasteiger partial charge in [0.15, 0.2) is 0 Å². The molecule has 1 N–H and O–H groups in total. The summed E-state index contributed by atoms with van der Waals surface area (Å²) in [6.07, 6.45) is 0.508. The van der Waals surface area contributed by atoms with E-state index in [2.05, 4.69) is 30.9 Å². The van der Waals surface area contributed by atoms with E-state index in [-0.39, 0.29) is 11.9 Å². The van der Waals surface area contributed by atoms with Gasteiger partial charge in [-0.05, 0) is 40.0 Å². The molecule has 0 saturated carbocycles. The number of carbonyl (C=O) groups is 1. The number of carbonyl (C=O) groups excluding carboxylic acids is 1. The Balaban J connectivity index is 1.87. The summed E-state index contributed by atoms with van der Waals surface area (Å²) in [6, 6.07) is 5.15. The number of ether oxygens (including phenoxy) is 1. The topological polar surface area (TPSA) is 41.6 Å². The Morgan fingerprint density at radius 3 is 3.11 bits per heavy atom. The van der Waals surface area contributed by atoms with Crippen LogP contribution in [-0.4, -0.2) is 37.2 Å². The highest BCUT2D eigenvalue weighted by Gasteiger charge is 2.24. The van der Waals surface area contributed by atoms with Crippen molar-refractivity contribution in [2.75, 3.05) is 20.2 Å². The summed E-state index contributed by atoms with van der Waals surface area (Å²) in [4.78, 5) is 13.3. The van der Waals surface area contributed by atoms with Crippen molar-refractivity contribution in [3.8, 4) is 0 Å². The van der Waals surface area contributed by atoms with Gasteiger partial charge in [-0.2, -0.15) is 0 Å². The highest BCUT2D eigenvalue weighted by Crippen LogP contribution is 2.19. The van der Waals surface area contributed by atoms with E-state index < -0.39 is 6.09 Å².